The number of rotatable bonds is 7. The Morgan fingerprint density at radius 3 is 2.29 bits per heavy atom. The number of benzene rings is 3. The van der Waals surface area contributed by atoms with E-state index in [1.165, 1.54) is 14.2 Å². The van der Waals surface area contributed by atoms with Gasteiger partial charge in [0.05, 0.1) is 14.2 Å². The number of nitrogens with one attached hydrogen (secondary N) is 1. The topological polar surface area (TPSA) is 73.9 Å². The van der Waals surface area contributed by atoms with Gasteiger partial charge >= 0.3 is 5.97 Å². The second-order valence-corrected chi connectivity index (χ2v) is 7.07. The molecule has 0 fully saturated rings. The van der Waals surface area contributed by atoms with E-state index in [1.807, 2.05) is 38.1 Å². The minimum atomic E-state index is -1.14. The van der Waals surface area contributed by atoms with Crippen molar-refractivity contribution in [3.8, 4) is 11.5 Å². The molecular weight excluding hydrogens is 394 g/mol. The summed E-state index contributed by atoms with van der Waals surface area (Å²) in [5, 5.41) is 2.89. The SMILES string of the molecule is COc1ccc(C(=O)OC(C(=O)Nc2cc(C)ccc2C)c2ccccc2)c(OC)c1. The van der Waals surface area contributed by atoms with Crippen LogP contribution in [0.3, 0.4) is 0 Å². The average molecular weight is 419 g/mol. The first-order valence-corrected chi connectivity index (χ1v) is 9.79. The number of aryl methyl sites for hydroxylation is 2. The molecule has 0 aliphatic heterocycles. The van der Waals surface area contributed by atoms with Crippen LogP contribution in [0.2, 0.25) is 0 Å². The van der Waals surface area contributed by atoms with Crippen LogP contribution >= 0.6 is 0 Å². The Hall–Kier alpha value is -3.80. The van der Waals surface area contributed by atoms with Crippen molar-refractivity contribution >= 4 is 17.6 Å². The molecule has 0 aromatic heterocycles. The number of hydrogen-bond donors (Lipinski definition) is 1. The Balaban J connectivity index is 1.90. The van der Waals surface area contributed by atoms with Gasteiger partial charge < -0.3 is 19.5 Å². The summed E-state index contributed by atoms with van der Waals surface area (Å²) in [6, 6.07) is 19.4. The zero-order valence-corrected chi connectivity index (χ0v) is 18.0. The van der Waals surface area contributed by atoms with E-state index in [4.69, 9.17) is 14.2 Å². The van der Waals surface area contributed by atoms with Crippen molar-refractivity contribution in [3.63, 3.8) is 0 Å². The van der Waals surface area contributed by atoms with Crippen LogP contribution in [-0.2, 0) is 9.53 Å². The van der Waals surface area contributed by atoms with Crippen LogP contribution in [0, 0.1) is 13.8 Å². The third-order valence-electron chi connectivity index (χ3n) is 4.84. The monoisotopic (exact) mass is 419 g/mol. The van der Waals surface area contributed by atoms with Crippen LogP contribution in [0.15, 0.2) is 66.7 Å². The highest BCUT2D eigenvalue weighted by Crippen LogP contribution is 2.28. The van der Waals surface area contributed by atoms with E-state index < -0.39 is 18.0 Å². The van der Waals surface area contributed by atoms with Crippen molar-refractivity contribution in [1.82, 2.24) is 0 Å². The largest absolute Gasteiger partial charge is 0.497 e. The molecule has 1 atom stereocenters. The fourth-order valence-electron chi connectivity index (χ4n) is 3.11. The molecule has 6 nitrogen and oxygen atoms in total. The zero-order valence-electron chi connectivity index (χ0n) is 18.0. The minimum absolute atomic E-state index is 0.198. The highest BCUT2D eigenvalue weighted by atomic mass is 16.6. The molecule has 0 aliphatic rings. The molecule has 0 aliphatic carbocycles. The van der Waals surface area contributed by atoms with Crippen LogP contribution in [-0.4, -0.2) is 26.1 Å². The lowest BCUT2D eigenvalue weighted by Gasteiger charge is -2.20. The van der Waals surface area contributed by atoms with Gasteiger partial charge in [-0.3, -0.25) is 4.79 Å². The Morgan fingerprint density at radius 1 is 0.871 bits per heavy atom. The van der Waals surface area contributed by atoms with Crippen LogP contribution in [0.4, 0.5) is 5.69 Å². The Bertz CT molecular complexity index is 1080. The molecule has 160 valence electrons. The van der Waals surface area contributed by atoms with Crippen LogP contribution in [0.25, 0.3) is 0 Å². The van der Waals surface area contributed by atoms with E-state index in [0.29, 0.717) is 22.7 Å². The standard InChI is InChI=1S/C25H25NO5/c1-16-10-11-17(2)21(14-16)26-24(27)23(18-8-6-5-7-9-18)31-25(28)20-13-12-19(29-3)15-22(20)30-4/h5-15,23H,1-4H3,(H,26,27). The first kappa shape index (κ1) is 21.9. The maximum absolute atomic E-state index is 13.2. The number of ether oxygens (including phenoxy) is 3. The Kier molecular flexibility index (Phi) is 6.92. The van der Waals surface area contributed by atoms with Gasteiger partial charge in [0.2, 0.25) is 6.10 Å². The van der Waals surface area contributed by atoms with Crippen molar-refractivity contribution in [2.45, 2.75) is 20.0 Å². The molecule has 0 spiro atoms. The molecule has 0 bridgehead atoms. The number of esters is 1. The molecule has 1 unspecified atom stereocenters. The van der Waals surface area contributed by atoms with Crippen molar-refractivity contribution < 1.29 is 23.8 Å². The molecule has 6 heteroatoms. The van der Waals surface area contributed by atoms with Crippen LogP contribution in [0.5, 0.6) is 11.5 Å². The van der Waals surface area contributed by atoms with Gasteiger partial charge in [-0.05, 0) is 43.2 Å². The first-order chi connectivity index (χ1) is 14.9. The highest BCUT2D eigenvalue weighted by Gasteiger charge is 2.27. The average Bonchev–Trinajstić information content (AvgIpc) is 2.79. The van der Waals surface area contributed by atoms with Crippen LogP contribution < -0.4 is 14.8 Å². The number of carbonyl (C=O) groups excluding carboxylic acids is 2. The van der Waals surface area contributed by atoms with Gasteiger partial charge in [-0.1, -0.05) is 42.5 Å². The van der Waals surface area contributed by atoms with E-state index in [-0.39, 0.29) is 5.56 Å². The molecule has 0 saturated carbocycles. The van der Waals surface area contributed by atoms with Gasteiger partial charge in [-0.2, -0.15) is 0 Å². The number of methoxy groups -OCH3 is 2. The Morgan fingerprint density at radius 2 is 1.61 bits per heavy atom. The predicted molar refractivity (Wildman–Crippen MR) is 119 cm³/mol. The summed E-state index contributed by atoms with van der Waals surface area (Å²) in [7, 11) is 2.98. The maximum Gasteiger partial charge on any atom is 0.343 e. The van der Waals surface area contributed by atoms with Gasteiger partial charge in [0.25, 0.3) is 5.91 Å². The van der Waals surface area contributed by atoms with Crippen molar-refractivity contribution in [3.05, 3.63) is 89.0 Å². The predicted octanol–water partition coefficient (Wildman–Crippen LogP) is 4.86. The summed E-state index contributed by atoms with van der Waals surface area (Å²) in [6.07, 6.45) is -1.14. The zero-order chi connectivity index (χ0) is 22.4. The number of carbonyl (C=O) groups is 2. The van der Waals surface area contributed by atoms with Crippen molar-refractivity contribution in [2.24, 2.45) is 0 Å². The van der Waals surface area contributed by atoms with Crippen molar-refractivity contribution in [2.75, 3.05) is 19.5 Å². The van der Waals surface area contributed by atoms with Gasteiger partial charge in [0.1, 0.15) is 17.1 Å². The molecule has 3 aromatic rings. The normalized spacial score (nSPS) is 11.4. The van der Waals surface area contributed by atoms with Gasteiger partial charge in [0.15, 0.2) is 0 Å². The van der Waals surface area contributed by atoms with Crippen LogP contribution in [0.1, 0.15) is 33.2 Å². The molecule has 0 saturated heterocycles. The number of anilines is 1. The van der Waals surface area contributed by atoms with E-state index >= 15 is 0 Å². The third-order valence-corrected chi connectivity index (χ3v) is 4.84. The van der Waals surface area contributed by atoms with E-state index in [1.54, 1.807) is 42.5 Å². The van der Waals surface area contributed by atoms with Gasteiger partial charge in [-0.25, -0.2) is 4.79 Å². The summed E-state index contributed by atoms with van der Waals surface area (Å²) in [5.41, 5.74) is 3.35. The summed E-state index contributed by atoms with van der Waals surface area (Å²) in [6.45, 7) is 3.85. The summed E-state index contributed by atoms with van der Waals surface area (Å²) < 4.78 is 16.1. The van der Waals surface area contributed by atoms with E-state index in [2.05, 4.69) is 5.32 Å². The lowest BCUT2D eigenvalue weighted by Crippen LogP contribution is -2.26. The second-order valence-electron chi connectivity index (χ2n) is 7.07. The molecule has 31 heavy (non-hydrogen) atoms. The molecule has 3 aromatic carbocycles. The molecule has 1 N–H and O–H groups in total. The van der Waals surface area contributed by atoms with Gasteiger partial charge in [-0.15, -0.1) is 0 Å². The van der Waals surface area contributed by atoms with Gasteiger partial charge in [0, 0.05) is 17.3 Å². The summed E-state index contributed by atoms with van der Waals surface area (Å²) >= 11 is 0. The molecule has 0 radical (unpaired) electrons. The number of amides is 1. The highest BCUT2D eigenvalue weighted by molar-refractivity contribution is 5.99. The van der Waals surface area contributed by atoms with E-state index in [9.17, 15) is 9.59 Å². The lowest BCUT2D eigenvalue weighted by molar-refractivity contribution is -0.125. The Labute approximate surface area is 181 Å². The molecule has 3 rings (SSSR count). The first-order valence-electron chi connectivity index (χ1n) is 9.79. The number of hydrogen-bond acceptors (Lipinski definition) is 5. The molecule has 1 amide bonds. The summed E-state index contributed by atoms with van der Waals surface area (Å²) in [5.74, 6) is -0.281. The fourth-order valence-corrected chi connectivity index (χ4v) is 3.11. The summed E-state index contributed by atoms with van der Waals surface area (Å²) in [4.78, 5) is 26.1. The maximum atomic E-state index is 13.2. The second kappa shape index (κ2) is 9.80. The minimum Gasteiger partial charge on any atom is -0.497 e. The quantitative estimate of drug-likeness (QED) is 0.554. The smallest absolute Gasteiger partial charge is 0.343 e. The fraction of sp³-hybridized carbons (Fsp3) is 0.200. The van der Waals surface area contributed by atoms with Crippen molar-refractivity contribution in [1.29, 1.82) is 0 Å². The lowest BCUT2D eigenvalue weighted by atomic mass is 10.1. The third kappa shape index (κ3) is 5.22. The van der Waals surface area contributed by atoms with E-state index in [0.717, 1.165) is 11.1 Å². The molecular formula is C25H25NO5. The molecule has 0 heterocycles.